The van der Waals surface area contributed by atoms with Crippen molar-refractivity contribution in [3.63, 3.8) is 0 Å². The van der Waals surface area contributed by atoms with E-state index in [4.69, 9.17) is 5.11 Å². The number of rotatable bonds is 18. The predicted molar refractivity (Wildman–Crippen MR) is 115 cm³/mol. The maximum atomic E-state index is 11.3. The minimum absolute atomic E-state index is 0.195. The van der Waals surface area contributed by atoms with Crippen molar-refractivity contribution < 1.29 is 19.8 Å². The highest BCUT2D eigenvalue weighted by Gasteiger charge is 2.10. The Bertz CT molecular complexity index is 464. The zero-order valence-corrected chi connectivity index (χ0v) is 17.9. The predicted octanol–water partition coefficient (Wildman–Crippen LogP) is 5.14. The van der Waals surface area contributed by atoms with Gasteiger partial charge in [0.15, 0.2) is 0 Å². The monoisotopic (exact) mass is 395 g/mol. The van der Waals surface area contributed by atoms with Crippen molar-refractivity contribution in [2.24, 2.45) is 0 Å². The molecule has 28 heavy (non-hydrogen) atoms. The number of hydrogen-bond acceptors (Lipinski definition) is 3. The minimum Gasteiger partial charge on any atom is -0.480 e. The number of aliphatic hydroxyl groups is 1. The third-order valence-corrected chi connectivity index (χ3v) is 4.45. The summed E-state index contributed by atoms with van der Waals surface area (Å²) in [5.41, 5.74) is -0.539. The fourth-order valence-electron chi connectivity index (χ4n) is 2.82. The summed E-state index contributed by atoms with van der Waals surface area (Å²) in [5.74, 6) is -1.21. The summed E-state index contributed by atoms with van der Waals surface area (Å²) in [6, 6.07) is 0. The average molecular weight is 396 g/mol. The molecule has 0 heterocycles. The molecule has 162 valence electrons. The van der Waals surface area contributed by atoms with Gasteiger partial charge in [0, 0.05) is 6.42 Å². The van der Waals surface area contributed by atoms with Crippen LogP contribution in [0.3, 0.4) is 0 Å². The number of nitrogens with one attached hydrogen (secondary N) is 1. The second-order valence-electron chi connectivity index (χ2n) is 8.06. The molecular weight excluding hydrogens is 354 g/mol. The second-order valence-corrected chi connectivity index (χ2v) is 8.06. The highest BCUT2D eigenvalue weighted by molar-refractivity contribution is 5.80. The number of aliphatic carboxylic acids is 1. The molecule has 0 aliphatic carbocycles. The number of carboxylic acids is 1. The van der Waals surface area contributed by atoms with Crippen LogP contribution in [-0.4, -0.2) is 34.2 Å². The molecule has 0 aromatic heterocycles. The Morgan fingerprint density at radius 1 is 0.786 bits per heavy atom. The summed E-state index contributed by atoms with van der Waals surface area (Å²) in [6.07, 6.45) is 22.3. The molecule has 0 atom stereocenters. The lowest BCUT2D eigenvalue weighted by molar-refractivity contribution is -0.137. The van der Waals surface area contributed by atoms with Crippen molar-refractivity contribution in [3.8, 4) is 0 Å². The molecule has 0 spiro atoms. The van der Waals surface area contributed by atoms with Crippen LogP contribution in [-0.2, 0) is 9.59 Å². The van der Waals surface area contributed by atoms with Gasteiger partial charge in [0.05, 0.1) is 5.60 Å². The molecule has 0 aromatic rings. The van der Waals surface area contributed by atoms with Gasteiger partial charge >= 0.3 is 5.97 Å². The van der Waals surface area contributed by atoms with Gasteiger partial charge in [0.25, 0.3) is 0 Å². The van der Waals surface area contributed by atoms with Crippen molar-refractivity contribution in [1.29, 1.82) is 0 Å². The zero-order valence-electron chi connectivity index (χ0n) is 17.9. The van der Waals surface area contributed by atoms with E-state index in [9.17, 15) is 14.7 Å². The molecule has 0 saturated carbocycles. The molecule has 0 bridgehead atoms. The maximum absolute atomic E-state index is 11.3. The van der Waals surface area contributed by atoms with Crippen molar-refractivity contribution >= 4 is 11.9 Å². The van der Waals surface area contributed by atoms with Crippen LogP contribution in [0.4, 0.5) is 0 Å². The number of carbonyl (C=O) groups is 2. The maximum Gasteiger partial charge on any atom is 0.322 e. The fourth-order valence-corrected chi connectivity index (χ4v) is 2.82. The normalized spacial score (nSPS) is 12.1. The number of carboxylic acid groups (broad SMARTS) is 1. The topological polar surface area (TPSA) is 86.6 Å². The Balaban J connectivity index is 3.31. The van der Waals surface area contributed by atoms with Gasteiger partial charge in [-0.3, -0.25) is 9.59 Å². The Kier molecular flexibility index (Phi) is 16.5. The van der Waals surface area contributed by atoms with E-state index < -0.39 is 11.6 Å². The highest BCUT2D eigenvalue weighted by Crippen LogP contribution is 2.13. The number of amides is 1. The third kappa shape index (κ3) is 22.4. The Morgan fingerprint density at radius 2 is 1.25 bits per heavy atom. The van der Waals surface area contributed by atoms with E-state index in [1.54, 1.807) is 0 Å². The van der Waals surface area contributed by atoms with Crippen LogP contribution in [0.5, 0.6) is 0 Å². The summed E-state index contributed by atoms with van der Waals surface area (Å²) < 4.78 is 0. The van der Waals surface area contributed by atoms with Gasteiger partial charge in [-0.05, 0) is 71.6 Å². The lowest BCUT2D eigenvalue weighted by Gasteiger charge is -2.15. The third-order valence-electron chi connectivity index (χ3n) is 4.45. The van der Waals surface area contributed by atoms with Crippen molar-refractivity contribution in [1.82, 2.24) is 5.32 Å². The quantitative estimate of drug-likeness (QED) is 0.221. The number of hydrogen-bond donors (Lipinski definition) is 3. The molecule has 0 aliphatic heterocycles. The average Bonchev–Trinajstić information content (AvgIpc) is 2.61. The summed E-state index contributed by atoms with van der Waals surface area (Å²) in [4.78, 5) is 21.6. The van der Waals surface area contributed by atoms with Gasteiger partial charge in [-0.15, -0.1) is 0 Å². The number of carbonyl (C=O) groups excluding carboxylic acids is 1. The molecule has 5 heteroatoms. The smallest absolute Gasteiger partial charge is 0.322 e. The number of allylic oxidation sites excluding steroid dienone is 4. The Morgan fingerprint density at radius 3 is 1.75 bits per heavy atom. The van der Waals surface area contributed by atoms with Crippen LogP contribution >= 0.6 is 0 Å². The summed E-state index contributed by atoms with van der Waals surface area (Å²) in [5, 5.41) is 20.5. The molecule has 0 fully saturated rings. The summed E-state index contributed by atoms with van der Waals surface area (Å²) in [7, 11) is 0. The van der Waals surface area contributed by atoms with Crippen LogP contribution < -0.4 is 5.32 Å². The van der Waals surface area contributed by atoms with Gasteiger partial charge in [-0.1, -0.05) is 43.6 Å². The van der Waals surface area contributed by atoms with Gasteiger partial charge in [0.2, 0.25) is 5.91 Å². The Labute approximate surface area is 171 Å². The van der Waals surface area contributed by atoms with Crippen LogP contribution in [0.1, 0.15) is 97.3 Å². The number of unbranched alkanes of at least 4 members (excludes halogenated alkanes) is 8. The summed E-state index contributed by atoms with van der Waals surface area (Å²) in [6.45, 7) is 3.42. The van der Waals surface area contributed by atoms with E-state index >= 15 is 0 Å². The molecule has 0 unspecified atom stereocenters. The molecule has 0 aliphatic rings. The molecule has 5 nitrogen and oxygen atoms in total. The van der Waals surface area contributed by atoms with E-state index in [-0.39, 0.29) is 12.5 Å². The van der Waals surface area contributed by atoms with Gasteiger partial charge < -0.3 is 15.5 Å². The van der Waals surface area contributed by atoms with Crippen LogP contribution in [0, 0.1) is 0 Å². The molecular formula is C23H41NO4. The molecule has 3 N–H and O–H groups in total. The fraction of sp³-hybridized carbons (Fsp3) is 0.739. The lowest BCUT2D eigenvalue weighted by atomic mass is 10.0. The first-order valence-corrected chi connectivity index (χ1v) is 10.8. The largest absolute Gasteiger partial charge is 0.480 e. The van der Waals surface area contributed by atoms with Crippen molar-refractivity contribution in [3.05, 3.63) is 24.3 Å². The van der Waals surface area contributed by atoms with E-state index in [1.165, 1.54) is 32.1 Å². The van der Waals surface area contributed by atoms with Gasteiger partial charge in [-0.2, -0.15) is 0 Å². The van der Waals surface area contributed by atoms with Crippen LogP contribution in [0.2, 0.25) is 0 Å². The van der Waals surface area contributed by atoms with Crippen molar-refractivity contribution in [2.45, 2.75) is 103 Å². The highest BCUT2D eigenvalue weighted by atomic mass is 16.4. The van der Waals surface area contributed by atoms with Gasteiger partial charge in [0.1, 0.15) is 6.54 Å². The molecule has 1 amide bonds. The molecule has 0 rings (SSSR count). The first-order chi connectivity index (χ1) is 13.3. The van der Waals surface area contributed by atoms with Crippen molar-refractivity contribution in [2.75, 3.05) is 6.54 Å². The van der Waals surface area contributed by atoms with Crippen LogP contribution in [0.25, 0.3) is 0 Å². The van der Waals surface area contributed by atoms with E-state index in [0.29, 0.717) is 6.42 Å². The summed E-state index contributed by atoms with van der Waals surface area (Å²) >= 11 is 0. The first kappa shape index (κ1) is 26.4. The minimum atomic E-state index is -1.01. The zero-order chi connectivity index (χ0) is 21.1. The van der Waals surface area contributed by atoms with Gasteiger partial charge in [-0.25, -0.2) is 0 Å². The lowest BCUT2D eigenvalue weighted by Crippen LogP contribution is -2.28. The standard InChI is InChI=1S/C23H41NO4/c1-23(2,28)19-17-15-13-11-9-7-5-3-4-6-8-10-12-14-16-18-21(25)24-20-22(26)27/h10-13,28H,3-9,14-20H2,1-2H3,(H,24,25)(H,26,27)/b12-10-,13-11-. The molecule has 0 saturated heterocycles. The second kappa shape index (κ2) is 17.5. The van der Waals surface area contributed by atoms with E-state index in [1.807, 2.05) is 13.8 Å². The Hall–Kier alpha value is -1.62. The molecule has 0 aromatic carbocycles. The SMILES string of the molecule is CC(C)(O)CCC/C=C\CCCCCCC/C=C\CCCC(=O)NCC(=O)O. The van der Waals surface area contributed by atoms with E-state index in [2.05, 4.69) is 29.6 Å². The van der Waals surface area contributed by atoms with Crippen LogP contribution in [0.15, 0.2) is 24.3 Å². The van der Waals surface area contributed by atoms with E-state index in [0.717, 1.165) is 44.9 Å². The first-order valence-electron chi connectivity index (χ1n) is 10.8. The molecule has 0 radical (unpaired) electrons.